The van der Waals surface area contributed by atoms with Gasteiger partial charge in [-0.1, -0.05) is 0 Å². The van der Waals surface area contributed by atoms with E-state index in [4.69, 9.17) is 8.42 Å². The van der Waals surface area contributed by atoms with Crippen molar-refractivity contribution in [3.63, 3.8) is 0 Å². The molecule has 2 atom stereocenters. The van der Waals surface area contributed by atoms with Gasteiger partial charge in [-0.25, -0.2) is 0 Å². The summed E-state index contributed by atoms with van der Waals surface area (Å²) in [5.41, 5.74) is -0.319. The SMILES string of the molecule is C=CCOC(O)(C(CC)CC(C)(C)C)C(O)(O)C(=O)[O][Ti](=[O])[OH]. The van der Waals surface area contributed by atoms with E-state index in [2.05, 4.69) is 9.90 Å². The van der Waals surface area contributed by atoms with Crippen LogP contribution in [0.5, 0.6) is 0 Å². The molecule has 134 valence electrons. The van der Waals surface area contributed by atoms with Crippen molar-refractivity contribution in [2.75, 3.05) is 6.61 Å². The third-order valence-electron chi connectivity index (χ3n) is 3.29. The average molecular weight is 370 g/mol. The Morgan fingerprint density at radius 3 is 2.17 bits per heavy atom. The zero-order valence-corrected chi connectivity index (χ0v) is 15.5. The van der Waals surface area contributed by atoms with Crippen LogP contribution >= 0.6 is 0 Å². The molecular weight excluding hydrogens is 344 g/mol. The molecule has 0 aromatic heterocycles. The second-order valence-electron chi connectivity index (χ2n) is 6.49. The topological polar surface area (TPSA) is 134 Å². The molecular formula is C14H26O8Ti. The Morgan fingerprint density at radius 2 is 1.83 bits per heavy atom. The van der Waals surface area contributed by atoms with Crippen molar-refractivity contribution < 1.29 is 53.8 Å². The molecule has 0 saturated carbocycles. The van der Waals surface area contributed by atoms with Gasteiger partial charge in [-0.15, -0.1) is 0 Å². The summed E-state index contributed by atoms with van der Waals surface area (Å²) in [4.78, 5) is 11.8. The molecule has 0 radical (unpaired) electrons. The Hall–Kier alpha value is -0.476. The third kappa shape index (κ3) is 6.15. The summed E-state index contributed by atoms with van der Waals surface area (Å²) in [5.74, 6) is -8.93. The van der Waals surface area contributed by atoms with Gasteiger partial charge in [-0.05, 0) is 0 Å². The quantitative estimate of drug-likeness (QED) is 0.260. The van der Waals surface area contributed by atoms with Crippen molar-refractivity contribution in [1.82, 2.24) is 0 Å². The van der Waals surface area contributed by atoms with Crippen molar-refractivity contribution in [3.05, 3.63) is 12.7 Å². The molecule has 0 aliphatic carbocycles. The number of carbonyl (C=O) groups excluding carboxylic acids is 1. The summed E-state index contributed by atoms with van der Waals surface area (Å²) in [6, 6.07) is 0. The van der Waals surface area contributed by atoms with Crippen LogP contribution in [0, 0.1) is 11.3 Å². The van der Waals surface area contributed by atoms with Crippen molar-refractivity contribution in [3.8, 4) is 0 Å². The van der Waals surface area contributed by atoms with Gasteiger partial charge in [-0.3, -0.25) is 0 Å². The standard InChI is InChI=1S/C14H26O6.H2O.O.Ti/c1-6-8-20-14(19,13(17,18)11(15)16)10(7-2)9-12(3,4)5;;;/h6,10,17-19H,1,7-9H2,2-5H3,(H,15,16);1H2;;/q;;;+2/p-2. The predicted octanol–water partition coefficient (Wildman–Crippen LogP) is 0.350. The van der Waals surface area contributed by atoms with Gasteiger partial charge in [0.2, 0.25) is 0 Å². The van der Waals surface area contributed by atoms with Gasteiger partial charge in [0, 0.05) is 0 Å². The molecule has 0 amide bonds. The fourth-order valence-electron chi connectivity index (χ4n) is 2.28. The second-order valence-corrected chi connectivity index (χ2v) is 7.64. The second kappa shape index (κ2) is 8.57. The van der Waals surface area contributed by atoms with E-state index in [-0.39, 0.29) is 24.9 Å². The van der Waals surface area contributed by atoms with Gasteiger partial charge in [0.15, 0.2) is 0 Å². The Morgan fingerprint density at radius 1 is 1.30 bits per heavy atom. The van der Waals surface area contributed by atoms with Crippen molar-refractivity contribution in [2.45, 2.75) is 52.1 Å². The minimum atomic E-state index is -4.38. The van der Waals surface area contributed by atoms with Crippen LogP contribution < -0.4 is 0 Å². The van der Waals surface area contributed by atoms with Gasteiger partial charge in [0.05, 0.1) is 0 Å². The molecule has 0 rings (SSSR count). The Labute approximate surface area is 142 Å². The number of rotatable bonds is 9. The zero-order valence-electron chi connectivity index (χ0n) is 13.9. The third-order valence-corrected chi connectivity index (χ3v) is 3.85. The molecule has 9 heteroatoms. The minimum absolute atomic E-state index is 0.251. The van der Waals surface area contributed by atoms with E-state index in [0.29, 0.717) is 0 Å². The number of hydrogen-bond donors (Lipinski definition) is 4. The molecule has 0 bridgehead atoms. The van der Waals surface area contributed by atoms with Crippen LogP contribution in [-0.4, -0.2) is 43.2 Å². The van der Waals surface area contributed by atoms with Crippen molar-refractivity contribution >= 4 is 5.97 Å². The molecule has 8 nitrogen and oxygen atoms in total. The number of hydrogen-bond acceptors (Lipinski definition) is 7. The Bertz CT molecular complexity index is 443. The van der Waals surface area contributed by atoms with Crippen molar-refractivity contribution in [2.24, 2.45) is 11.3 Å². The van der Waals surface area contributed by atoms with Crippen LogP contribution in [0.25, 0.3) is 0 Å². The summed E-state index contributed by atoms with van der Waals surface area (Å²) in [7, 11) is 0. The monoisotopic (exact) mass is 370 g/mol. The van der Waals surface area contributed by atoms with Gasteiger partial charge >= 0.3 is 142 Å². The van der Waals surface area contributed by atoms with Gasteiger partial charge < -0.3 is 0 Å². The molecule has 23 heavy (non-hydrogen) atoms. The summed E-state index contributed by atoms with van der Waals surface area (Å²) >= 11 is -4.38. The van der Waals surface area contributed by atoms with Gasteiger partial charge in [-0.2, -0.15) is 0 Å². The van der Waals surface area contributed by atoms with Crippen LogP contribution in [0.2, 0.25) is 0 Å². The van der Waals surface area contributed by atoms with Crippen LogP contribution in [-0.2, 0) is 34.8 Å². The summed E-state index contributed by atoms with van der Waals surface area (Å²) in [6.45, 7) is 10.4. The zero-order chi connectivity index (χ0) is 18.5. The fraction of sp³-hybridized carbons (Fsp3) is 0.786. The first-order chi connectivity index (χ1) is 10.3. The van der Waals surface area contributed by atoms with E-state index in [1.165, 1.54) is 6.08 Å². The van der Waals surface area contributed by atoms with E-state index in [1.807, 2.05) is 20.8 Å². The van der Waals surface area contributed by atoms with E-state index in [9.17, 15) is 23.4 Å². The van der Waals surface area contributed by atoms with Crippen LogP contribution in [0.3, 0.4) is 0 Å². The van der Waals surface area contributed by atoms with Crippen LogP contribution in [0.15, 0.2) is 12.7 Å². The normalized spacial score (nSPS) is 16.3. The Balaban J connectivity index is 5.79. The van der Waals surface area contributed by atoms with Gasteiger partial charge in [0.1, 0.15) is 0 Å². The summed E-state index contributed by atoms with van der Waals surface area (Å²) < 4.78 is 28.6. The summed E-state index contributed by atoms with van der Waals surface area (Å²) in [5, 5.41) is 31.0. The van der Waals surface area contributed by atoms with E-state index in [0.717, 1.165) is 0 Å². The molecule has 0 aliphatic rings. The molecule has 0 aromatic carbocycles. The first-order valence-corrected chi connectivity index (χ1v) is 9.16. The van der Waals surface area contributed by atoms with E-state index >= 15 is 0 Å². The fourth-order valence-corrected chi connectivity index (χ4v) is 2.75. The van der Waals surface area contributed by atoms with Gasteiger partial charge in [0.25, 0.3) is 0 Å². The van der Waals surface area contributed by atoms with Crippen LogP contribution in [0.1, 0.15) is 40.5 Å². The molecule has 0 saturated heterocycles. The molecule has 0 spiro atoms. The Kier molecular flexibility index (Phi) is 8.39. The van der Waals surface area contributed by atoms with Crippen molar-refractivity contribution in [1.29, 1.82) is 0 Å². The number of ether oxygens (including phenoxy) is 1. The maximum atomic E-state index is 11.8. The molecule has 0 aliphatic heterocycles. The number of carbonyl (C=O) groups is 1. The first-order valence-electron chi connectivity index (χ1n) is 7.19. The predicted molar refractivity (Wildman–Crippen MR) is 75.1 cm³/mol. The molecule has 0 heterocycles. The molecule has 2 unspecified atom stereocenters. The molecule has 0 fully saturated rings. The number of aliphatic hydroxyl groups is 3. The van der Waals surface area contributed by atoms with E-state index in [1.54, 1.807) is 6.92 Å². The molecule has 0 aromatic rings. The first kappa shape index (κ1) is 22.5. The maximum absolute atomic E-state index is 11.8. The molecule has 4 N–H and O–H groups in total. The summed E-state index contributed by atoms with van der Waals surface area (Å²) in [6.07, 6.45) is 1.79. The average Bonchev–Trinajstić information content (AvgIpc) is 2.40. The van der Waals surface area contributed by atoms with Crippen LogP contribution in [0.4, 0.5) is 0 Å². The van der Waals surface area contributed by atoms with E-state index < -0.39 is 42.1 Å².